The Balaban J connectivity index is 1.89. The minimum atomic E-state index is 0.855. The highest BCUT2D eigenvalue weighted by Crippen LogP contribution is 2.34. The van der Waals surface area contributed by atoms with Crippen molar-refractivity contribution in [2.45, 2.75) is 13.0 Å². The molecule has 1 aliphatic heterocycles. The van der Waals surface area contributed by atoms with Gasteiger partial charge in [-0.05, 0) is 45.6 Å². The van der Waals surface area contributed by atoms with E-state index in [9.17, 15) is 0 Å². The molecule has 1 aromatic heterocycles. The number of anilines is 2. The number of nitrogens with two attached hydrogens (primary N) is 1. The summed E-state index contributed by atoms with van der Waals surface area (Å²) in [6.45, 7) is 1.88. The zero-order valence-electron chi connectivity index (χ0n) is 9.94. The Labute approximate surface area is 115 Å². The molecular formula is C14H14BrN3. The lowest BCUT2D eigenvalue weighted by Crippen LogP contribution is -2.20. The number of fused-ring (bicyclic) bond motifs is 1. The van der Waals surface area contributed by atoms with Gasteiger partial charge in [0.2, 0.25) is 0 Å². The fourth-order valence-corrected chi connectivity index (χ4v) is 2.90. The number of nitrogen functional groups attached to an aromatic ring is 1. The number of rotatable bonds is 2. The van der Waals surface area contributed by atoms with Crippen LogP contribution in [0, 0.1) is 0 Å². The molecule has 0 atom stereocenters. The number of para-hydroxylation sites is 1. The van der Waals surface area contributed by atoms with Gasteiger partial charge in [0, 0.05) is 30.0 Å². The van der Waals surface area contributed by atoms with Gasteiger partial charge in [0.05, 0.1) is 11.4 Å². The van der Waals surface area contributed by atoms with Crippen molar-refractivity contribution in [2.75, 3.05) is 17.2 Å². The lowest BCUT2D eigenvalue weighted by Gasteiger charge is -2.20. The van der Waals surface area contributed by atoms with Crippen molar-refractivity contribution in [3.8, 4) is 0 Å². The molecule has 2 aromatic rings. The number of aromatic nitrogens is 1. The zero-order valence-corrected chi connectivity index (χ0v) is 11.5. The van der Waals surface area contributed by atoms with Crippen LogP contribution in [0.3, 0.4) is 0 Å². The average Bonchev–Trinajstić information content (AvgIpc) is 2.74. The van der Waals surface area contributed by atoms with Crippen molar-refractivity contribution < 1.29 is 0 Å². The molecule has 92 valence electrons. The second-order valence-corrected chi connectivity index (χ2v) is 5.45. The van der Waals surface area contributed by atoms with Crippen molar-refractivity contribution in [3.05, 3.63) is 52.3 Å². The van der Waals surface area contributed by atoms with Gasteiger partial charge < -0.3 is 10.6 Å². The van der Waals surface area contributed by atoms with Crippen molar-refractivity contribution in [2.24, 2.45) is 0 Å². The SMILES string of the molecule is Nc1cccc2c1N(Cc1cncc(Br)c1)CC2. The monoisotopic (exact) mass is 303 g/mol. The first-order chi connectivity index (χ1) is 8.74. The largest absolute Gasteiger partial charge is 0.397 e. The fourth-order valence-electron chi connectivity index (χ4n) is 2.49. The Morgan fingerprint density at radius 1 is 1.33 bits per heavy atom. The second-order valence-electron chi connectivity index (χ2n) is 4.54. The molecule has 0 saturated heterocycles. The third-order valence-corrected chi connectivity index (χ3v) is 3.69. The molecule has 3 rings (SSSR count). The summed E-state index contributed by atoms with van der Waals surface area (Å²) in [5, 5.41) is 0. The van der Waals surface area contributed by atoms with Crippen LogP contribution in [0.2, 0.25) is 0 Å². The van der Waals surface area contributed by atoms with Gasteiger partial charge in [0.1, 0.15) is 0 Å². The summed E-state index contributed by atoms with van der Waals surface area (Å²) in [6, 6.07) is 8.25. The minimum Gasteiger partial charge on any atom is -0.397 e. The smallest absolute Gasteiger partial charge is 0.0636 e. The molecule has 0 amide bonds. The van der Waals surface area contributed by atoms with Crippen LogP contribution >= 0.6 is 15.9 Å². The third-order valence-electron chi connectivity index (χ3n) is 3.25. The Morgan fingerprint density at radius 2 is 2.22 bits per heavy atom. The molecule has 0 bridgehead atoms. The van der Waals surface area contributed by atoms with Gasteiger partial charge in [-0.1, -0.05) is 12.1 Å². The Hall–Kier alpha value is -1.55. The van der Waals surface area contributed by atoms with E-state index in [2.05, 4.69) is 37.9 Å². The van der Waals surface area contributed by atoms with Crippen molar-refractivity contribution in [1.82, 2.24) is 4.98 Å². The normalized spacial score (nSPS) is 13.7. The van der Waals surface area contributed by atoms with Crippen LogP contribution in [0.25, 0.3) is 0 Å². The first-order valence-corrected chi connectivity index (χ1v) is 6.75. The quantitative estimate of drug-likeness (QED) is 0.867. The van der Waals surface area contributed by atoms with E-state index in [0.29, 0.717) is 0 Å². The third kappa shape index (κ3) is 2.08. The van der Waals surface area contributed by atoms with E-state index in [4.69, 9.17) is 5.73 Å². The summed E-state index contributed by atoms with van der Waals surface area (Å²) in [5.41, 5.74) is 10.7. The van der Waals surface area contributed by atoms with Crippen LogP contribution in [0.5, 0.6) is 0 Å². The predicted octanol–water partition coefficient (Wildman–Crippen LogP) is 2.99. The van der Waals surface area contributed by atoms with Crippen molar-refractivity contribution in [1.29, 1.82) is 0 Å². The highest BCUT2D eigenvalue weighted by molar-refractivity contribution is 9.10. The molecule has 0 aliphatic carbocycles. The maximum Gasteiger partial charge on any atom is 0.0636 e. The van der Waals surface area contributed by atoms with Gasteiger partial charge in [-0.15, -0.1) is 0 Å². The fraction of sp³-hybridized carbons (Fsp3) is 0.214. The number of hydrogen-bond donors (Lipinski definition) is 1. The zero-order chi connectivity index (χ0) is 12.5. The Bertz CT molecular complexity index is 583. The molecule has 2 heterocycles. The molecule has 18 heavy (non-hydrogen) atoms. The lowest BCUT2D eigenvalue weighted by molar-refractivity contribution is 0.832. The van der Waals surface area contributed by atoms with E-state index in [1.165, 1.54) is 16.8 Å². The average molecular weight is 304 g/mol. The summed E-state index contributed by atoms with van der Waals surface area (Å²) in [4.78, 5) is 6.53. The summed E-state index contributed by atoms with van der Waals surface area (Å²) in [6.07, 6.45) is 4.78. The van der Waals surface area contributed by atoms with Gasteiger partial charge in [0.15, 0.2) is 0 Å². The van der Waals surface area contributed by atoms with E-state index in [-0.39, 0.29) is 0 Å². The predicted molar refractivity (Wildman–Crippen MR) is 77.5 cm³/mol. The highest BCUT2D eigenvalue weighted by Gasteiger charge is 2.21. The Morgan fingerprint density at radius 3 is 3.06 bits per heavy atom. The molecule has 0 spiro atoms. The maximum absolute atomic E-state index is 6.08. The van der Waals surface area contributed by atoms with E-state index >= 15 is 0 Å². The lowest BCUT2D eigenvalue weighted by atomic mass is 10.1. The van der Waals surface area contributed by atoms with Gasteiger partial charge in [-0.3, -0.25) is 4.98 Å². The molecule has 0 radical (unpaired) electrons. The van der Waals surface area contributed by atoms with E-state index in [1.807, 2.05) is 18.3 Å². The van der Waals surface area contributed by atoms with Crippen LogP contribution in [-0.4, -0.2) is 11.5 Å². The molecule has 2 N–H and O–H groups in total. The van der Waals surface area contributed by atoms with E-state index < -0.39 is 0 Å². The molecule has 1 aliphatic rings. The van der Waals surface area contributed by atoms with Crippen LogP contribution < -0.4 is 10.6 Å². The molecular weight excluding hydrogens is 290 g/mol. The van der Waals surface area contributed by atoms with E-state index in [1.54, 1.807) is 6.20 Å². The van der Waals surface area contributed by atoms with Gasteiger partial charge in [0.25, 0.3) is 0 Å². The molecule has 0 fully saturated rings. The Kier molecular flexibility index (Phi) is 2.96. The maximum atomic E-state index is 6.08. The standard InChI is InChI=1S/C14H14BrN3/c15-12-6-10(7-17-8-12)9-18-5-4-11-2-1-3-13(16)14(11)18/h1-3,6-8H,4-5,9,16H2. The highest BCUT2D eigenvalue weighted by atomic mass is 79.9. The molecule has 0 unspecified atom stereocenters. The molecule has 0 saturated carbocycles. The number of nitrogens with zero attached hydrogens (tertiary/aromatic N) is 2. The number of benzene rings is 1. The van der Waals surface area contributed by atoms with E-state index in [0.717, 1.165) is 29.7 Å². The van der Waals surface area contributed by atoms with Crippen LogP contribution in [0.15, 0.2) is 41.1 Å². The molecule has 4 heteroatoms. The topological polar surface area (TPSA) is 42.1 Å². The first kappa shape index (κ1) is 11.5. The number of hydrogen-bond acceptors (Lipinski definition) is 3. The second kappa shape index (κ2) is 4.61. The van der Waals surface area contributed by atoms with Gasteiger partial charge in [-0.25, -0.2) is 0 Å². The van der Waals surface area contributed by atoms with Crippen LogP contribution in [-0.2, 0) is 13.0 Å². The van der Waals surface area contributed by atoms with Crippen LogP contribution in [0.1, 0.15) is 11.1 Å². The van der Waals surface area contributed by atoms with Gasteiger partial charge >= 0.3 is 0 Å². The summed E-state index contributed by atoms with van der Waals surface area (Å²) >= 11 is 3.45. The summed E-state index contributed by atoms with van der Waals surface area (Å²) in [7, 11) is 0. The van der Waals surface area contributed by atoms with Crippen LogP contribution in [0.4, 0.5) is 11.4 Å². The summed E-state index contributed by atoms with van der Waals surface area (Å²) < 4.78 is 1.01. The summed E-state index contributed by atoms with van der Waals surface area (Å²) in [5.74, 6) is 0. The van der Waals surface area contributed by atoms with Crippen molar-refractivity contribution >= 4 is 27.3 Å². The minimum absolute atomic E-state index is 0.855. The van der Waals surface area contributed by atoms with Gasteiger partial charge in [-0.2, -0.15) is 0 Å². The first-order valence-electron chi connectivity index (χ1n) is 5.96. The van der Waals surface area contributed by atoms with Crippen molar-refractivity contribution in [3.63, 3.8) is 0 Å². The number of halogens is 1. The number of pyridine rings is 1. The molecule has 1 aromatic carbocycles. The molecule has 3 nitrogen and oxygen atoms in total.